The number of hydrogen-bond donors (Lipinski definition) is 1. The van der Waals surface area contributed by atoms with Crippen LogP contribution in [0.4, 0.5) is 5.69 Å². The molecule has 1 aliphatic rings. The summed E-state index contributed by atoms with van der Waals surface area (Å²) in [5.41, 5.74) is 3.68. The van der Waals surface area contributed by atoms with Gasteiger partial charge in [-0.2, -0.15) is 5.10 Å². The highest BCUT2D eigenvalue weighted by atomic mass is 35.5. The van der Waals surface area contributed by atoms with Crippen LogP contribution in [-0.4, -0.2) is 27.1 Å². The molecule has 4 aromatic rings. The second kappa shape index (κ2) is 8.98. The number of halogens is 1. The van der Waals surface area contributed by atoms with Crippen LogP contribution in [0.3, 0.4) is 0 Å². The Morgan fingerprint density at radius 3 is 2.49 bits per heavy atom. The predicted octanol–water partition coefficient (Wildman–Crippen LogP) is 5.62. The van der Waals surface area contributed by atoms with Gasteiger partial charge in [-0.3, -0.25) is 19.2 Å². The summed E-state index contributed by atoms with van der Waals surface area (Å²) < 4.78 is 1.67. The Morgan fingerprint density at radius 2 is 1.83 bits per heavy atom. The molecule has 0 fully saturated rings. The highest BCUT2D eigenvalue weighted by molar-refractivity contribution is 7.13. The highest BCUT2D eigenvalue weighted by Gasteiger charge is 2.49. The molecule has 1 N–H and O–H groups in total. The van der Waals surface area contributed by atoms with E-state index in [1.807, 2.05) is 61.7 Å². The number of nitrogens with one attached hydrogen (secondary N) is 1. The third kappa shape index (κ3) is 4.37. The molecular weight excluding hydrogens is 480 g/mol. The number of aromatic nitrogens is 2. The van der Waals surface area contributed by atoms with Crippen LogP contribution in [0, 0.1) is 13.8 Å². The largest absolute Gasteiger partial charge is 0.350 e. The van der Waals surface area contributed by atoms with Crippen LogP contribution in [-0.2, 0) is 17.9 Å². The van der Waals surface area contributed by atoms with Crippen LogP contribution < -0.4 is 10.2 Å². The molecule has 6 nitrogen and oxygen atoms in total. The molecular formula is C27H25ClN4O2S. The Morgan fingerprint density at radius 1 is 1.11 bits per heavy atom. The standard InChI is InChI=1S/C27H25ClN4O2S/c1-17-11-18(2)13-21(12-17)32-25(33)23-14-22(24-5-4-10-35-24)30-31(23)16-27(32,3)26(34)29-15-19-6-8-20(28)9-7-19/h4-14H,15-16H2,1-3H3,(H,29,34). The molecule has 1 aliphatic heterocycles. The van der Waals surface area contributed by atoms with Gasteiger partial charge in [-0.25, -0.2) is 0 Å². The van der Waals surface area contributed by atoms with Crippen LogP contribution in [0.15, 0.2) is 66.0 Å². The molecule has 0 aliphatic carbocycles. The normalized spacial score (nSPS) is 17.4. The van der Waals surface area contributed by atoms with Crippen molar-refractivity contribution >= 4 is 40.4 Å². The third-order valence-electron chi connectivity index (χ3n) is 6.25. The monoisotopic (exact) mass is 504 g/mol. The molecule has 35 heavy (non-hydrogen) atoms. The Balaban J connectivity index is 1.55. The van der Waals surface area contributed by atoms with Gasteiger partial charge in [-0.05, 0) is 79.2 Å². The van der Waals surface area contributed by atoms with Crippen LogP contribution in [0.2, 0.25) is 5.02 Å². The smallest absolute Gasteiger partial charge is 0.277 e. The van der Waals surface area contributed by atoms with Crippen molar-refractivity contribution in [3.05, 3.63) is 93.5 Å². The van der Waals surface area contributed by atoms with Crippen LogP contribution in [0.1, 0.15) is 34.1 Å². The lowest BCUT2D eigenvalue weighted by Gasteiger charge is -2.43. The molecule has 3 heterocycles. The summed E-state index contributed by atoms with van der Waals surface area (Å²) in [4.78, 5) is 30.3. The quantitative estimate of drug-likeness (QED) is 0.383. The number of fused-ring (bicyclic) bond motifs is 1. The zero-order chi connectivity index (χ0) is 24.7. The highest BCUT2D eigenvalue weighted by Crippen LogP contribution is 2.35. The van der Waals surface area contributed by atoms with Gasteiger partial charge in [-0.1, -0.05) is 35.9 Å². The molecule has 2 amide bonds. The minimum absolute atomic E-state index is 0.235. The number of aryl methyl sites for hydroxylation is 2. The van der Waals surface area contributed by atoms with E-state index in [-0.39, 0.29) is 18.4 Å². The number of carbonyl (C=O) groups excluding carboxylic acids is 2. The van der Waals surface area contributed by atoms with Crippen molar-refractivity contribution in [2.24, 2.45) is 0 Å². The maximum Gasteiger partial charge on any atom is 0.277 e. The van der Waals surface area contributed by atoms with Crippen LogP contribution >= 0.6 is 22.9 Å². The minimum atomic E-state index is -1.19. The maximum atomic E-state index is 13.9. The molecule has 2 aromatic heterocycles. The number of amides is 2. The van der Waals surface area contributed by atoms with Crippen molar-refractivity contribution in [1.29, 1.82) is 0 Å². The number of carbonyl (C=O) groups is 2. The van der Waals surface area contributed by atoms with E-state index in [0.29, 0.717) is 22.9 Å². The molecule has 0 radical (unpaired) electrons. The van der Waals surface area contributed by atoms with Gasteiger partial charge in [0.25, 0.3) is 5.91 Å². The molecule has 0 saturated carbocycles. The Hall–Kier alpha value is -3.42. The lowest BCUT2D eigenvalue weighted by atomic mass is 9.93. The van der Waals surface area contributed by atoms with Crippen molar-refractivity contribution in [3.8, 4) is 10.6 Å². The summed E-state index contributed by atoms with van der Waals surface area (Å²) in [6.45, 7) is 6.34. The lowest BCUT2D eigenvalue weighted by molar-refractivity contribution is -0.126. The fraction of sp³-hybridized carbons (Fsp3) is 0.222. The summed E-state index contributed by atoms with van der Waals surface area (Å²) in [5, 5.41) is 10.3. The fourth-order valence-corrected chi connectivity index (χ4v) is 5.39. The van der Waals surface area contributed by atoms with E-state index in [1.54, 1.807) is 40.0 Å². The SMILES string of the molecule is Cc1cc(C)cc(N2C(=O)c3cc(-c4cccs4)nn3CC2(C)C(=O)NCc2ccc(Cl)cc2)c1. The molecule has 0 saturated heterocycles. The predicted molar refractivity (Wildman–Crippen MR) is 140 cm³/mol. The second-order valence-corrected chi connectivity index (χ2v) is 10.5. The van der Waals surface area contributed by atoms with E-state index in [0.717, 1.165) is 27.3 Å². The Bertz CT molecular complexity index is 1390. The first-order valence-electron chi connectivity index (χ1n) is 11.3. The van der Waals surface area contributed by atoms with Gasteiger partial charge >= 0.3 is 0 Å². The number of thiophene rings is 1. The second-order valence-electron chi connectivity index (χ2n) is 9.12. The van der Waals surface area contributed by atoms with E-state index in [9.17, 15) is 9.59 Å². The van der Waals surface area contributed by atoms with Gasteiger partial charge in [0.15, 0.2) is 0 Å². The van der Waals surface area contributed by atoms with E-state index in [4.69, 9.17) is 16.7 Å². The summed E-state index contributed by atoms with van der Waals surface area (Å²) in [6, 6.07) is 19.0. The van der Waals surface area contributed by atoms with Gasteiger partial charge in [0.2, 0.25) is 5.91 Å². The molecule has 1 unspecified atom stereocenters. The lowest BCUT2D eigenvalue weighted by Crippen LogP contribution is -2.64. The Labute approximate surface area is 213 Å². The van der Waals surface area contributed by atoms with Crippen LogP contribution in [0.25, 0.3) is 10.6 Å². The van der Waals surface area contributed by atoms with Crippen molar-refractivity contribution in [1.82, 2.24) is 15.1 Å². The van der Waals surface area contributed by atoms with Crippen molar-refractivity contribution in [2.75, 3.05) is 4.90 Å². The minimum Gasteiger partial charge on any atom is -0.350 e. The van der Waals surface area contributed by atoms with Gasteiger partial charge in [0, 0.05) is 17.3 Å². The molecule has 0 spiro atoms. The zero-order valence-corrected chi connectivity index (χ0v) is 21.3. The van der Waals surface area contributed by atoms with Gasteiger partial charge in [0.05, 0.1) is 11.4 Å². The maximum absolute atomic E-state index is 13.9. The molecule has 2 aromatic carbocycles. The van der Waals surface area contributed by atoms with E-state index >= 15 is 0 Å². The molecule has 0 bridgehead atoms. The Kier molecular flexibility index (Phi) is 5.99. The molecule has 1 atom stereocenters. The number of benzene rings is 2. The summed E-state index contributed by atoms with van der Waals surface area (Å²) in [6.07, 6.45) is 0. The van der Waals surface area contributed by atoms with Gasteiger partial charge in [0.1, 0.15) is 16.9 Å². The fourth-order valence-electron chi connectivity index (χ4n) is 4.59. The summed E-state index contributed by atoms with van der Waals surface area (Å²) >= 11 is 7.56. The van der Waals surface area contributed by atoms with Crippen molar-refractivity contribution in [2.45, 2.75) is 39.4 Å². The number of hydrogen-bond acceptors (Lipinski definition) is 4. The van der Waals surface area contributed by atoms with E-state index in [2.05, 4.69) is 11.4 Å². The third-order valence-corrected chi connectivity index (χ3v) is 7.39. The molecule has 5 rings (SSSR count). The number of anilines is 1. The number of nitrogens with zero attached hydrogens (tertiary/aromatic N) is 3. The van der Waals surface area contributed by atoms with Crippen molar-refractivity contribution < 1.29 is 9.59 Å². The zero-order valence-electron chi connectivity index (χ0n) is 19.7. The average Bonchev–Trinajstić information content (AvgIpc) is 3.48. The summed E-state index contributed by atoms with van der Waals surface area (Å²) in [5.74, 6) is -0.500. The van der Waals surface area contributed by atoms with E-state index < -0.39 is 5.54 Å². The first-order valence-corrected chi connectivity index (χ1v) is 12.6. The number of rotatable bonds is 5. The van der Waals surface area contributed by atoms with Crippen LogP contribution in [0.5, 0.6) is 0 Å². The first kappa shape index (κ1) is 23.3. The van der Waals surface area contributed by atoms with Gasteiger partial charge < -0.3 is 5.32 Å². The summed E-state index contributed by atoms with van der Waals surface area (Å²) in [7, 11) is 0. The first-order chi connectivity index (χ1) is 16.7. The average molecular weight is 505 g/mol. The van der Waals surface area contributed by atoms with Crippen molar-refractivity contribution in [3.63, 3.8) is 0 Å². The molecule has 178 valence electrons. The molecule has 8 heteroatoms. The van der Waals surface area contributed by atoms with E-state index in [1.165, 1.54) is 0 Å². The van der Waals surface area contributed by atoms with Gasteiger partial charge in [-0.15, -0.1) is 11.3 Å². The topological polar surface area (TPSA) is 67.2 Å².